The average Bonchev–Trinajstić information content (AvgIpc) is 2.36. The maximum Gasteiger partial charge on any atom is 0.0610 e. The zero-order valence-corrected chi connectivity index (χ0v) is 13.5. The van der Waals surface area contributed by atoms with Crippen LogP contribution in [0.3, 0.4) is 0 Å². The van der Waals surface area contributed by atoms with Gasteiger partial charge < -0.3 is 15.2 Å². The first-order chi connectivity index (χ1) is 9.04. The van der Waals surface area contributed by atoms with Crippen molar-refractivity contribution in [2.24, 2.45) is 0 Å². The SMILES string of the molecule is CCCCCCCOCCCC(C)(CO)NC(C)C. The summed E-state index contributed by atoms with van der Waals surface area (Å²) in [6, 6.07) is 0.400. The maximum absolute atomic E-state index is 9.45. The molecule has 0 saturated heterocycles. The van der Waals surface area contributed by atoms with E-state index in [1.807, 2.05) is 0 Å². The molecular formula is C16H35NO2. The summed E-state index contributed by atoms with van der Waals surface area (Å²) in [6.07, 6.45) is 8.40. The Labute approximate surface area is 120 Å². The molecular weight excluding hydrogens is 238 g/mol. The third-order valence-electron chi connectivity index (χ3n) is 3.40. The Morgan fingerprint density at radius 3 is 2.26 bits per heavy atom. The lowest BCUT2D eigenvalue weighted by Crippen LogP contribution is -2.49. The van der Waals surface area contributed by atoms with Gasteiger partial charge in [-0.15, -0.1) is 0 Å². The smallest absolute Gasteiger partial charge is 0.0610 e. The molecule has 0 aliphatic rings. The van der Waals surface area contributed by atoms with Crippen LogP contribution in [-0.2, 0) is 4.74 Å². The van der Waals surface area contributed by atoms with Crippen molar-refractivity contribution >= 4 is 0 Å². The molecule has 116 valence electrons. The van der Waals surface area contributed by atoms with Crippen LogP contribution < -0.4 is 5.32 Å². The molecule has 0 spiro atoms. The molecule has 1 unspecified atom stereocenters. The normalized spacial score (nSPS) is 14.8. The number of hydrogen-bond donors (Lipinski definition) is 2. The lowest BCUT2D eigenvalue weighted by molar-refractivity contribution is 0.105. The summed E-state index contributed by atoms with van der Waals surface area (Å²) in [5, 5.41) is 12.9. The van der Waals surface area contributed by atoms with Gasteiger partial charge in [-0.25, -0.2) is 0 Å². The Balaban J connectivity index is 3.46. The predicted octanol–water partition coefficient (Wildman–Crippen LogP) is 3.50. The molecule has 0 fully saturated rings. The minimum absolute atomic E-state index is 0.168. The molecule has 19 heavy (non-hydrogen) atoms. The van der Waals surface area contributed by atoms with Gasteiger partial charge in [0, 0.05) is 24.8 Å². The molecule has 0 saturated carbocycles. The topological polar surface area (TPSA) is 41.5 Å². The van der Waals surface area contributed by atoms with E-state index in [1.54, 1.807) is 0 Å². The van der Waals surface area contributed by atoms with E-state index in [0.29, 0.717) is 6.04 Å². The average molecular weight is 273 g/mol. The molecule has 0 bridgehead atoms. The van der Waals surface area contributed by atoms with Crippen LogP contribution in [0.25, 0.3) is 0 Å². The molecule has 0 heterocycles. The second kappa shape index (κ2) is 11.7. The van der Waals surface area contributed by atoms with Crippen LogP contribution >= 0.6 is 0 Å². The molecule has 0 aromatic heterocycles. The number of ether oxygens (including phenoxy) is 1. The second-order valence-corrected chi connectivity index (χ2v) is 6.15. The number of nitrogens with one attached hydrogen (secondary N) is 1. The summed E-state index contributed by atoms with van der Waals surface area (Å²) in [5.41, 5.74) is -0.168. The van der Waals surface area contributed by atoms with Crippen molar-refractivity contribution in [3.05, 3.63) is 0 Å². The van der Waals surface area contributed by atoms with Crippen LogP contribution in [0.15, 0.2) is 0 Å². The molecule has 2 N–H and O–H groups in total. The third-order valence-corrected chi connectivity index (χ3v) is 3.40. The number of hydrogen-bond acceptors (Lipinski definition) is 3. The Morgan fingerprint density at radius 1 is 1.05 bits per heavy atom. The van der Waals surface area contributed by atoms with Crippen LogP contribution in [0.1, 0.15) is 72.6 Å². The van der Waals surface area contributed by atoms with Gasteiger partial charge in [0.25, 0.3) is 0 Å². The van der Waals surface area contributed by atoms with Gasteiger partial charge in [0.15, 0.2) is 0 Å². The number of unbranched alkanes of at least 4 members (excludes halogenated alkanes) is 4. The van der Waals surface area contributed by atoms with Gasteiger partial charge in [-0.2, -0.15) is 0 Å². The fraction of sp³-hybridized carbons (Fsp3) is 1.00. The van der Waals surface area contributed by atoms with Gasteiger partial charge in [0.05, 0.1) is 6.61 Å². The summed E-state index contributed by atoms with van der Waals surface area (Å²) in [7, 11) is 0. The minimum Gasteiger partial charge on any atom is -0.394 e. The van der Waals surface area contributed by atoms with Gasteiger partial charge >= 0.3 is 0 Å². The summed E-state index contributed by atoms with van der Waals surface area (Å²) in [5.74, 6) is 0. The molecule has 0 amide bonds. The summed E-state index contributed by atoms with van der Waals surface area (Å²) in [6.45, 7) is 10.4. The lowest BCUT2D eigenvalue weighted by Gasteiger charge is -2.31. The zero-order valence-electron chi connectivity index (χ0n) is 13.5. The van der Waals surface area contributed by atoms with Crippen LogP contribution in [-0.4, -0.2) is 36.5 Å². The van der Waals surface area contributed by atoms with Crippen molar-refractivity contribution in [1.82, 2.24) is 5.32 Å². The quantitative estimate of drug-likeness (QED) is 0.505. The molecule has 0 aromatic rings. The van der Waals surface area contributed by atoms with Crippen molar-refractivity contribution in [1.29, 1.82) is 0 Å². The first kappa shape index (κ1) is 18.9. The fourth-order valence-electron chi connectivity index (χ4n) is 2.37. The lowest BCUT2D eigenvalue weighted by atomic mass is 9.96. The highest BCUT2D eigenvalue weighted by atomic mass is 16.5. The van der Waals surface area contributed by atoms with Gasteiger partial charge in [0.1, 0.15) is 0 Å². The van der Waals surface area contributed by atoms with E-state index in [2.05, 4.69) is 33.0 Å². The summed E-state index contributed by atoms with van der Waals surface area (Å²) >= 11 is 0. The molecule has 1 atom stereocenters. The van der Waals surface area contributed by atoms with Crippen molar-refractivity contribution in [2.45, 2.75) is 84.2 Å². The largest absolute Gasteiger partial charge is 0.394 e. The standard InChI is InChI=1S/C16H35NO2/c1-5-6-7-8-9-12-19-13-10-11-16(4,14-18)17-15(2)3/h15,17-18H,5-14H2,1-4H3. The highest BCUT2D eigenvalue weighted by Crippen LogP contribution is 2.13. The van der Waals surface area contributed by atoms with Crippen molar-refractivity contribution in [3.8, 4) is 0 Å². The van der Waals surface area contributed by atoms with Crippen LogP contribution in [0.5, 0.6) is 0 Å². The zero-order chi connectivity index (χ0) is 14.6. The monoisotopic (exact) mass is 273 g/mol. The van der Waals surface area contributed by atoms with E-state index in [1.165, 1.54) is 32.1 Å². The first-order valence-electron chi connectivity index (χ1n) is 8.00. The van der Waals surface area contributed by atoms with Crippen LogP contribution in [0.4, 0.5) is 0 Å². The van der Waals surface area contributed by atoms with E-state index in [-0.39, 0.29) is 12.1 Å². The van der Waals surface area contributed by atoms with E-state index in [4.69, 9.17) is 4.74 Å². The van der Waals surface area contributed by atoms with Crippen molar-refractivity contribution < 1.29 is 9.84 Å². The highest BCUT2D eigenvalue weighted by Gasteiger charge is 2.22. The Bertz CT molecular complexity index is 197. The minimum atomic E-state index is -0.168. The molecule has 0 aliphatic heterocycles. The molecule has 0 radical (unpaired) electrons. The van der Waals surface area contributed by atoms with Crippen LogP contribution in [0, 0.1) is 0 Å². The van der Waals surface area contributed by atoms with Crippen molar-refractivity contribution in [2.75, 3.05) is 19.8 Å². The summed E-state index contributed by atoms with van der Waals surface area (Å²) in [4.78, 5) is 0. The summed E-state index contributed by atoms with van der Waals surface area (Å²) < 4.78 is 5.65. The molecule has 0 aromatic carbocycles. The van der Waals surface area contributed by atoms with Crippen LogP contribution in [0.2, 0.25) is 0 Å². The van der Waals surface area contributed by atoms with Gasteiger partial charge in [-0.05, 0) is 26.2 Å². The highest BCUT2D eigenvalue weighted by molar-refractivity contribution is 4.83. The van der Waals surface area contributed by atoms with E-state index in [9.17, 15) is 5.11 Å². The van der Waals surface area contributed by atoms with Gasteiger partial charge in [-0.3, -0.25) is 0 Å². The van der Waals surface area contributed by atoms with Gasteiger partial charge in [-0.1, -0.05) is 46.5 Å². The number of aliphatic hydroxyl groups is 1. The Morgan fingerprint density at radius 2 is 1.68 bits per heavy atom. The number of rotatable bonds is 13. The van der Waals surface area contributed by atoms with Crippen molar-refractivity contribution in [3.63, 3.8) is 0 Å². The van der Waals surface area contributed by atoms with E-state index >= 15 is 0 Å². The molecule has 3 nitrogen and oxygen atoms in total. The van der Waals surface area contributed by atoms with E-state index in [0.717, 1.165) is 26.1 Å². The van der Waals surface area contributed by atoms with Gasteiger partial charge in [0.2, 0.25) is 0 Å². The predicted molar refractivity (Wildman–Crippen MR) is 82.6 cm³/mol. The molecule has 0 rings (SSSR count). The Kier molecular flexibility index (Phi) is 11.6. The Hall–Kier alpha value is -0.120. The third kappa shape index (κ3) is 11.4. The van der Waals surface area contributed by atoms with E-state index < -0.39 is 0 Å². The molecule has 3 heteroatoms. The fourth-order valence-corrected chi connectivity index (χ4v) is 2.37. The second-order valence-electron chi connectivity index (χ2n) is 6.15. The number of aliphatic hydroxyl groups excluding tert-OH is 1. The maximum atomic E-state index is 9.45. The first-order valence-corrected chi connectivity index (χ1v) is 8.00. The molecule has 0 aliphatic carbocycles.